The van der Waals surface area contributed by atoms with Crippen LogP contribution in [0.5, 0.6) is 0 Å². The first-order valence-corrected chi connectivity index (χ1v) is 10.8. The van der Waals surface area contributed by atoms with Gasteiger partial charge in [-0.15, -0.1) is 0 Å². The topological polar surface area (TPSA) is 93.2 Å². The van der Waals surface area contributed by atoms with Crippen molar-refractivity contribution >= 4 is 34.4 Å². The van der Waals surface area contributed by atoms with Gasteiger partial charge in [-0.1, -0.05) is 35.9 Å². The van der Waals surface area contributed by atoms with E-state index in [0.29, 0.717) is 22.5 Å². The number of hydrogen-bond donors (Lipinski definition) is 2. The Morgan fingerprint density at radius 1 is 1.12 bits per heavy atom. The Bertz CT molecular complexity index is 1430. The minimum absolute atomic E-state index is 0.115. The lowest BCUT2D eigenvalue weighted by Gasteiger charge is -2.10. The van der Waals surface area contributed by atoms with E-state index in [1.807, 2.05) is 24.3 Å². The summed E-state index contributed by atoms with van der Waals surface area (Å²) < 4.78 is 21.0. The quantitative estimate of drug-likeness (QED) is 0.387. The van der Waals surface area contributed by atoms with Crippen LogP contribution in [-0.4, -0.2) is 21.4 Å². The van der Waals surface area contributed by atoms with E-state index in [1.54, 1.807) is 6.20 Å². The van der Waals surface area contributed by atoms with Crippen LogP contribution in [0.2, 0.25) is 5.02 Å². The summed E-state index contributed by atoms with van der Waals surface area (Å²) in [4.78, 5) is 38.8. The first-order chi connectivity index (χ1) is 16.3. The van der Waals surface area contributed by atoms with Gasteiger partial charge in [-0.2, -0.15) is 0 Å². The van der Waals surface area contributed by atoms with E-state index >= 15 is 0 Å². The standard InChI is InChI=1S/C25H21ClFN3O4/c1-15(31)28-10-16-2-4-17(5-3-16)12-30-13-18(6-7-24(30)32)25(33)34-14-19-8-20-21(26)11-29-23(20)9-22(19)27/h2-9,11,13,29H,10,12,14H2,1H3,(H,28,31). The highest BCUT2D eigenvalue weighted by molar-refractivity contribution is 6.35. The molecule has 0 bridgehead atoms. The zero-order valence-electron chi connectivity index (χ0n) is 18.2. The van der Waals surface area contributed by atoms with E-state index in [4.69, 9.17) is 16.3 Å². The third-order valence-corrected chi connectivity index (χ3v) is 5.61. The Balaban J connectivity index is 1.44. The molecule has 2 aromatic heterocycles. The normalized spacial score (nSPS) is 10.9. The summed E-state index contributed by atoms with van der Waals surface area (Å²) in [5.41, 5.74) is 2.40. The number of carbonyl (C=O) groups excluding carboxylic acids is 2. The molecule has 0 aliphatic heterocycles. The van der Waals surface area contributed by atoms with Crippen molar-refractivity contribution in [3.8, 4) is 0 Å². The average Bonchev–Trinajstić information content (AvgIpc) is 3.17. The van der Waals surface area contributed by atoms with E-state index in [0.717, 1.165) is 11.1 Å². The molecule has 4 rings (SSSR count). The molecule has 4 aromatic rings. The number of hydrogen-bond acceptors (Lipinski definition) is 4. The number of esters is 1. The molecule has 0 atom stereocenters. The fraction of sp³-hybridized carbons (Fsp3) is 0.160. The Morgan fingerprint density at radius 2 is 1.85 bits per heavy atom. The monoisotopic (exact) mass is 481 g/mol. The number of aromatic nitrogens is 2. The van der Waals surface area contributed by atoms with Crippen LogP contribution >= 0.6 is 11.6 Å². The molecule has 2 N–H and O–H groups in total. The molecule has 0 fully saturated rings. The van der Waals surface area contributed by atoms with Crippen molar-refractivity contribution in [2.24, 2.45) is 0 Å². The van der Waals surface area contributed by atoms with Gasteiger partial charge in [0, 0.05) is 48.4 Å². The number of halogens is 2. The van der Waals surface area contributed by atoms with E-state index in [-0.39, 0.29) is 35.7 Å². The van der Waals surface area contributed by atoms with Crippen molar-refractivity contribution in [3.05, 3.63) is 104 Å². The maximum absolute atomic E-state index is 14.3. The lowest BCUT2D eigenvalue weighted by atomic mass is 10.1. The van der Waals surface area contributed by atoms with Crippen LogP contribution in [0.15, 0.2) is 65.7 Å². The van der Waals surface area contributed by atoms with Crippen LogP contribution in [0.1, 0.15) is 34.0 Å². The molecule has 7 nitrogen and oxygen atoms in total. The Labute approximate surface area is 199 Å². The van der Waals surface area contributed by atoms with Gasteiger partial charge in [0.1, 0.15) is 12.4 Å². The van der Waals surface area contributed by atoms with Crippen molar-refractivity contribution in [2.45, 2.75) is 26.6 Å². The molecule has 0 saturated carbocycles. The van der Waals surface area contributed by atoms with Gasteiger partial charge in [-0.05, 0) is 29.3 Å². The largest absolute Gasteiger partial charge is 0.457 e. The Morgan fingerprint density at radius 3 is 2.59 bits per heavy atom. The maximum atomic E-state index is 14.3. The number of nitrogens with zero attached hydrogens (tertiary/aromatic N) is 1. The second-order valence-corrected chi connectivity index (χ2v) is 8.22. The van der Waals surface area contributed by atoms with Crippen LogP contribution in [0.25, 0.3) is 10.9 Å². The number of rotatable bonds is 7. The van der Waals surface area contributed by atoms with E-state index in [1.165, 1.54) is 42.0 Å². The molecule has 0 aliphatic rings. The van der Waals surface area contributed by atoms with Gasteiger partial charge < -0.3 is 19.6 Å². The molecule has 2 aromatic carbocycles. The molecule has 2 heterocycles. The maximum Gasteiger partial charge on any atom is 0.339 e. The van der Waals surface area contributed by atoms with Crippen molar-refractivity contribution in [2.75, 3.05) is 0 Å². The minimum Gasteiger partial charge on any atom is -0.457 e. The molecule has 9 heteroatoms. The first-order valence-electron chi connectivity index (χ1n) is 10.4. The smallest absolute Gasteiger partial charge is 0.339 e. The second kappa shape index (κ2) is 9.93. The number of benzene rings is 2. The SMILES string of the molecule is CC(=O)NCc1ccc(Cn2cc(C(=O)OCc3cc4c(Cl)c[nH]c4cc3F)ccc2=O)cc1. The highest BCUT2D eigenvalue weighted by atomic mass is 35.5. The number of nitrogens with one attached hydrogen (secondary N) is 2. The molecular formula is C25H21ClFN3O4. The summed E-state index contributed by atoms with van der Waals surface area (Å²) in [5, 5.41) is 3.79. The predicted octanol–water partition coefficient (Wildman–Crippen LogP) is 4.16. The number of amides is 1. The van der Waals surface area contributed by atoms with Crippen molar-refractivity contribution < 1.29 is 18.7 Å². The van der Waals surface area contributed by atoms with Crippen LogP contribution in [0.4, 0.5) is 4.39 Å². The van der Waals surface area contributed by atoms with E-state index in [2.05, 4.69) is 10.3 Å². The zero-order valence-corrected chi connectivity index (χ0v) is 19.0. The van der Waals surface area contributed by atoms with Gasteiger partial charge in [-0.3, -0.25) is 9.59 Å². The molecule has 0 radical (unpaired) electrons. The Kier molecular flexibility index (Phi) is 6.79. The van der Waals surface area contributed by atoms with Crippen LogP contribution in [0, 0.1) is 5.82 Å². The number of H-pyrrole nitrogens is 1. The lowest BCUT2D eigenvalue weighted by Crippen LogP contribution is -2.21. The highest BCUT2D eigenvalue weighted by Gasteiger charge is 2.14. The summed E-state index contributed by atoms with van der Waals surface area (Å²) in [7, 11) is 0. The molecular weight excluding hydrogens is 461 g/mol. The molecule has 0 aliphatic carbocycles. The fourth-order valence-electron chi connectivity index (χ4n) is 3.45. The van der Waals surface area contributed by atoms with Crippen LogP contribution < -0.4 is 10.9 Å². The van der Waals surface area contributed by atoms with Gasteiger partial charge in [-0.25, -0.2) is 9.18 Å². The zero-order chi connectivity index (χ0) is 24.2. The number of carbonyl (C=O) groups is 2. The molecule has 34 heavy (non-hydrogen) atoms. The number of ether oxygens (including phenoxy) is 1. The highest BCUT2D eigenvalue weighted by Crippen LogP contribution is 2.26. The average molecular weight is 482 g/mol. The number of aromatic amines is 1. The second-order valence-electron chi connectivity index (χ2n) is 7.81. The summed E-state index contributed by atoms with van der Waals surface area (Å²) >= 11 is 6.08. The van der Waals surface area contributed by atoms with Gasteiger partial charge in [0.15, 0.2) is 0 Å². The summed E-state index contributed by atoms with van der Waals surface area (Å²) in [6.45, 7) is 1.83. The third-order valence-electron chi connectivity index (χ3n) is 5.29. The van der Waals surface area contributed by atoms with Crippen molar-refractivity contribution in [1.29, 1.82) is 0 Å². The number of pyridine rings is 1. The fourth-order valence-corrected chi connectivity index (χ4v) is 3.66. The minimum atomic E-state index is -0.681. The third kappa shape index (κ3) is 5.35. The van der Waals surface area contributed by atoms with Crippen molar-refractivity contribution in [1.82, 2.24) is 14.9 Å². The van der Waals surface area contributed by atoms with E-state index in [9.17, 15) is 18.8 Å². The molecule has 0 spiro atoms. The predicted molar refractivity (Wildman–Crippen MR) is 126 cm³/mol. The van der Waals surface area contributed by atoms with Crippen molar-refractivity contribution in [3.63, 3.8) is 0 Å². The summed E-state index contributed by atoms with van der Waals surface area (Å²) in [5.74, 6) is -1.32. The first kappa shape index (κ1) is 23.3. The number of fused-ring (bicyclic) bond motifs is 1. The van der Waals surface area contributed by atoms with Gasteiger partial charge in [0.2, 0.25) is 5.91 Å². The van der Waals surface area contributed by atoms with Crippen LogP contribution in [0.3, 0.4) is 0 Å². The molecule has 0 unspecified atom stereocenters. The van der Waals surface area contributed by atoms with E-state index < -0.39 is 11.8 Å². The molecule has 1 amide bonds. The lowest BCUT2D eigenvalue weighted by molar-refractivity contribution is -0.119. The summed E-state index contributed by atoms with van der Waals surface area (Å²) in [6.07, 6.45) is 2.97. The van der Waals surface area contributed by atoms with Gasteiger partial charge >= 0.3 is 5.97 Å². The molecule has 0 saturated heterocycles. The van der Waals surface area contributed by atoms with Gasteiger partial charge in [0.25, 0.3) is 5.56 Å². The summed E-state index contributed by atoms with van der Waals surface area (Å²) in [6, 6.07) is 12.9. The Hall–Kier alpha value is -3.91. The van der Waals surface area contributed by atoms with Gasteiger partial charge in [0.05, 0.1) is 17.1 Å². The molecule has 174 valence electrons. The van der Waals surface area contributed by atoms with Crippen LogP contribution in [-0.2, 0) is 29.2 Å².